The van der Waals surface area contributed by atoms with E-state index in [1.54, 1.807) is 0 Å². The molecule has 2 atom stereocenters. The predicted octanol–water partition coefficient (Wildman–Crippen LogP) is 2.40. The topological polar surface area (TPSA) is 24.1 Å². The lowest BCUT2D eigenvalue weighted by Crippen LogP contribution is -2.48. The molecule has 1 aliphatic heterocycles. The molecule has 0 saturated carbocycles. The molecule has 2 unspecified atom stereocenters. The molecular weight excluding hydrogens is 184 g/mol. The Bertz CT molecular complexity index is 171. The van der Waals surface area contributed by atoms with E-state index in [1.807, 2.05) is 0 Å². The zero-order chi connectivity index (χ0) is 11.3. The van der Waals surface area contributed by atoms with Gasteiger partial charge in [0.2, 0.25) is 0 Å². The van der Waals surface area contributed by atoms with Crippen molar-refractivity contribution < 1.29 is 0 Å². The third-order valence-electron chi connectivity index (χ3n) is 4.08. The van der Waals surface area contributed by atoms with Crippen LogP contribution in [0.2, 0.25) is 0 Å². The Labute approximate surface area is 95.2 Å². The van der Waals surface area contributed by atoms with Crippen LogP contribution in [0.4, 0.5) is 0 Å². The highest BCUT2D eigenvalue weighted by Crippen LogP contribution is 2.22. The quantitative estimate of drug-likeness (QED) is 0.706. The van der Waals surface area contributed by atoms with Crippen LogP contribution in [0.3, 0.4) is 0 Å². The van der Waals surface area contributed by atoms with Crippen molar-refractivity contribution in [2.75, 3.05) is 19.6 Å². The molecule has 1 saturated heterocycles. The summed E-state index contributed by atoms with van der Waals surface area (Å²) in [5.74, 6) is 1.56. The Kier molecular flexibility index (Phi) is 5.07. The fourth-order valence-electron chi connectivity index (χ4n) is 2.22. The van der Waals surface area contributed by atoms with E-state index in [0.29, 0.717) is 5.54 Å². The van der Waals surface area contributed by atoms with Crippen molar-refractivity contribution in [1.82, 2.24) is 10.6 Å². The Morgan fingerprint density at radius 2 is 2.07 bits per heavy atom. The molecule has 0 aromatic carbocycles. The lowest BCUT2D eigenvalue weighted by molar-refractivity contribution is 0.314. The highest BCUT2D eigenvalue weighted by Gasteiger charge is 2.30. The second-order valence-electron chi connectivity index (χ2n) is 5.52. The predicted molar refractivity (Wildman–Crippen MR) is 67.1 cm³/mol. The van der Waals surface area contributed by atoms with Crippen molar-refractivity contribution in [3.05, 3.63) is 0 Å². The molecule has 0 aromatic heterocycles. The van der Waals surface area contributed by atoms with Crippen LogP contribution in [0.25, 0.3) is 0 Å². The Balaban J connectivity index is 2.23. The zero-order valence-corrected chi connectivity index (χ0v) is 10.9. The van der Waals surface area contributed by atoms with Crippen LogP contribution < -0.4 is 10.6 Å². The molecule has 90 valence electrons. The minimum Gasteiger partial charge on any atom is -0.315 e. The van der Waals surface area contributed by atoms with E-state index >= 15 is 0 Å². The Morgan fingerprint density at radius 3 is 2.53 bits per heavy atom. The molecule has 1 aliphatic rings. The van der Waals surface area contributed by atoms with Gasteiger partial charge in [0.05, 0.1) is 0 Å². The normalized spacial score (nSPS) is 28.6. The molecule has 0 spiro atoms. The zero-order valence-electron chi connectivity index (χ0n) is 10.9. The summed E-state index contributed by atoms with van der Waals surface area (Å²) in [6, 6.07) is 0. The van der Waals surface area contributed by atoms with Gasteiger partial charge in [-0.2, -0.15) is 0 Å². The number of nitrogens with one attached hydrogen (secondary N) is 2. The number of rotatable bonds is 6. The van der Waals surface area contributed by atoms with Crippen LogP contribution in [0.1, 0.15) is 47.0 Å². The van der Waals surface area contributed by atoms with Crippen molar-refractivity contribution in [2.45, 2.75) is 52.5 Å². The summed E-state index contributed by atoms with van der Waals surface area (Å²) in [6.45, 7) is 12.7. The Hall–Kier alpha value is -0.0800. The molecule has 15 heavy (non-hydrogen) atoms. The molecule has 1 fully saturated rings. The SMILES string of the molecule is CCC1(CNCC(C)C(C)C)CCCN1. The minimum absolute atomic E-state index is 0.400. The molecule has 0 aromatic rings. The minimum atomic E-state index is 0.400. The van der Waals surface area contributed by atoms with Gasteiger partial charge in [-0.05, 0) is 44.2 Å². The summed E-state index contributed by atoms with van der Waals surface area (Å²) in [7, 11) is 0. The van der Waals surface area contributed by atoms with Gasteiger partial charge < -0.3 is 10.6 Å². The van der Waals surface area contributed by atoms with Gasteiger partial charge in [-0.25, -0.2) is 0 Å². The highest BCUT2D eigenvalue weighted by molar-refractivity contribution is 4.93. The standard InChI is InChI=1S/C13H28N2/c1-5-13(7-6-8-15-13)10-14-9-12(4)11(2)3/h11-12,14-15H,5-10H2,1-4H3. The molecule has 2 N–H and O–H groups in total. The monoisotopic (exact) mass is 212 g/mol. The van der Waals surface area contributed by atoms with E-state index in [4.69, 9.17) is 0 Å². The van der Waals surface area contributed by atoms with E-state index in [0.717, 1.165) is 24.9 Å². The van der Waals surface area contributed by atoms with Crippen molar-refractivity contribution >= 4 is 0 Å². The molecule has 2 heteroatoms. The molecule has 0 aliphatic carbocycles. The van der Waals surface area contributed by atoms with Crippen molar-refractivity contribution in [3.8, 4) is 0 Å². The maximum Gasteiger partial charge on any atom is 0.0304 e. The fourth-order valence-corrected chi connectivity index (χ4v) is 2.22. The molecule has 2 nitrogen and oxygen atoms in total. The first-order valence-electron chi connectivity index (χ1n) is 6.55. The summed E-state index contributed by atoms with van der Waals surface area (Å²) >= 11 is 0. The average Bonchev–Trinajstić information content (AvgIpc) is 2.67. The fraction of sp³-hybridized carbons (Fsp3) is 1.00. The van der Waals surface area contributed by atoms with Crippen LogP contribution >= 0.6 is 0 Å². The van der Waals surface area contributed by atoms with Gasteiger partial charge in [0.1, 0.15) is 0 Å². The van der Waals surface area contributed by atoms with E-state index in [2.05, 4.69) is 38.3 Å². The summed E-state index contributed by atoms with van der Waals surface area (Å²) in [5.41, 5.74) is 0.400. The van der Waals surface area contributed by atoms with Crippen molar-refractivity contribution in [1.29, 1.82) is 0 Å². The average molecular weight is 212 g/mol. The van der Waals surface area contributed by atoms with Gasteiger partial charge in [-0.3, -0.25) is 0 Å². The van der Waals surface area contributed by atoms with E-state index in [9.17, 15) is 0 Å². The van der Waals surface area contributed by atoms with Crippen LogP contribution in [0.5, 0.6) is 0 Å². The third kappa shape index (κ3) is 3.76. The van der Waals surface area contributed by atoms with Crippen LogP contribution in [-0.2, 0) is 0 Å². The van der Waals surface area contributed by atoms with Gasteiger partial charge in [-0.1, -0.05) is 27.7 Å². The molecular formula is C13H28N2. The van der Waals surface area contributed by atoms with E-state index in [1.165, 1.54) is 25.8 Å². The molecule has 1 heterocycles. The second kappa shape index (κ2) is 5.86. The molecule has 0 bridgehead atoms. The lowest BCUT2D eigenvalue weighted by Gasteiger charge is -2.29. The first-order chi connectivity index (χ1) is 7.09. The maximum absolute atomic E-state index is 3.66. The van der Waals surface area contributed by atoms with Crippen molar-refractivity contribution in [3.63, 3.8) is 0 Å². The summed E-state index contributed by atoms with van der Waals surface area (Å²) < 4.78 is 0. The van der Waals surface area contributed by atoms with E-state index in [-0.39, 0.29) is 0 Å². The van der Waals surface area contributed by atoms with Crippen LogP contribution in [0, 0.1) is 11.8 Å². The van der Waals surface area contributed by atoms with Crippen LogP contribution in [-0.4, -0.2) is 25.2 Å². The summed E-state index contributed by atoms with van der Waals surface area (Å²) in [6.07, 6.45) is 3.93. The van der Waals surface area contributed by atoms with Gasteiger partial charge >= 0.3 is 0 Å². The van der Waals surface area contributed by atoms with Gasteiger partial charge in [0, 0.05) is 12.1 Å². The molecule has 0 radical (unpaired) electrons. The van der Waals surface area contributed by atoms with Crippen molar-refractivity contribution in [2.24, 2.45) is 11.8 Å². The Morgan fingerprint density at radius 1 is 1.33 bits per heavy atom. The molecule has 1 rings (SSSR count). The maximum atomic E-state index is 3.66. The second-order valence-corrected chi connectivity index (χ2v) is 5.52. The number of hydrogen-bond donors (Lipinski definition) is 2. The summed E-state index contributed by atoms with van der Waals surface area (Å²) in [5, 5.41) is 7.30. The van der Waals surface area contributed by atoms with Gasteiger partial charge in [0.25, 0.3) is 0 Å². The smallest absolute Gasteiger partial charge is 0.0304 e. The van der Waals surface area contributed by atoms with E-state index < -0.39 is 0 Å². The highest BCUT2D eigenvalue weighted by atomic mass is 15.1. The largest absolute Gasteiger partial charge is 0.315 e. The van der Waals surface area contributed by atoms with Crippen LogP contribution in [0.15, 0.2) is 0 Å². The molecule has 0 amide bonds. The summed E-state index contributed by atoms with van der Waals surface area (Å²) in [4.78, 5) is 0. The van der Waals surface area contributed by atoms with Gasteiger partial charge in [0.15, 0.2) is 0 Å². The third-order valence-corrected chi connectivity index (χ3v) is 4.08. The van der Waals surface area contributed by atoms with Gasteiger partial charge in [-0.15, -0.1) is 0 Å². The number of hydrogen-bond acceptors (Lipinski definition) is 2. The first-order valence-corrected chi connectivity index (χ1v) is 6.55. The lowest BCUT2D eigenvalue weighted by atomic mass is 9.93. The first kappa shape index (κ1) is 13.0.